The molecule has 0 aliphatic carbocycles. The number of hydrogen-bond acceptors (Lipinski definition) is 6. The van der Waals surface area contributed by atoms with Gasteiger partial charge in [-0.1, -0.05) is 36.4 Å². The molecule has 8 heteroatoms. The summed E-state index contributed by atoms with van der Waals surface area (Å²) in [6.07, 6.45) is 0. The van der Waals surface area contributed by atoms with Gasteiger partial charge in [-0.2, -0.15) is 0 Å². The number of nitrogens with one attached hydrogen (secondary N) is 2. The quantitative estimate of drug-likeness (QED) is 0.511. The smallest absolute Gasteiger partial charge is 0.341 e. The van der Waals surface area contributed by atoms with Gasteiger partial charge >= 0.3 is 5.97 Å². The lowest BCUT2D eigenvalue weighted by molar-refractivity contribution is 0.0601. The van der Waals surface area contributed by atoms with Gasteiger partial charge in [-0.25, -0.2) is 4.79 Å². The number of hydrogen-bond donors (Lipinski definition) is 2. The molecular formula is C24H24N2O5S. The average molecular weight is 453 g/mol. The Balaban J connectivity index is 1.89. The van der Waals surface area contributed by atoms with Crippen molar-refractivity contribution in [3.63, 3.8) is 0 Å². The van der Waals surface area contributed by atoms with Crippen LogP contribution in [0.1, 0.15) is 54.5 Å². The van der Waals surface area contributed by atoms with Gasteiger partial charge < -0.3 is 20.1 Å². The molecule has 0 bridgehead atoms. The zero-order valence-electron chi connectivity index (χ0n) is 18.2. The molecule has 0 aliphatic heterocycles. The predicted molar refractivity (Wildman–Crippen MR) is 124 cm³/mol. The van der Waals surface area contributed by atoms with Crippen molar-refractivity contribution in [3.05, 3.63) is 81.7 Å². The highest BCUT2D eigenvalue weighted by molar-refractivity contribution is 7.18. The summed E-state index contributed by atoms with van der Waals surface area (Å²) in [5.41, 5.74) is 1.91. The third kappa shape index (κ3) is 4.97. The maximum atomic E-state index is 13.0. The van der Waals surface area contributed by atoms with E-state index in [0.717, 1.165) is 16.9 Å². The molecule has 166 valence electrons. The first kappa shape index (κ1) is 23.0. The first-order valence-corrected chi connectivity index (χ1v) is 10.7. The van der Waals surface area contributed by atoms with E-state index in [1.165, 1.54) is 14.2 Å². The fourth-order valence-electron chi connectivity index (χ4n) is 3.19. The molecule has 32 heavy (non-hydrogen) atoms. The Morgan fingerprint density at radius 3 is 2.34 bits per heavy atom. The number of carbonyl (C=O) groups excluding carboxylic acids is 3. The highest BCUT2D eigenvalue weighted by Crippen LogP contribution is 2.34. The molecule has 1 aromatic heterocycles. The first-order valence-electron chi connectivity index (χ1n) is 9.88. The number of benzene rings is 2. The van der Waals surface area contributed by atoms with Gasteiger partial charge in [0.05, 0.1) is 30.7 Å². The van der Waals surface area contributed by atoms with Gasteiger partial charge in [-0.15, -0.1) is 11.3 Å². The van der Waals surface area contributed by atoms with Crippen LogP contribution < -0.4 is 15.4 Å². The SMILES string of the molecule is COC(=O)c1c(NC(=O)c2cccc(OC)c2)sc(C(=O)NC(C)c2ccccc2)c1C. The second-order valence-electron chi connectivity index (χ2n) is 7.04. The molecule has 3 rings (SSSR count). The summed E-state index contributed by atoms with van der Waals surface area (Å²) in [6.45, 7) is 3.54. The molecule has 2 amide bonds. The molecule has 0 radical (unpaired) electrons. The maximum Gasteiger partial charge on any atom is 0.341 e. The lowest BCUT2D eigenvalue weighted by Crippen LogP contribution is -2.26. The molecule has 1 unspecified atom stereocenters. The third-order valence-corrected chi connectivity index (χ3v) is 6.15. The zero-order chi connectivity index (χ0) is 23.3. The van der Waals surface area contributed by atoms with Crippen molar-refractivity contribution in [2.75, 3.05) is 19.5 Å². The molecule has 0 spiro atoms. The van der Waals surface area contributed by atoms with E-state index in [9.17, 15) is 14.4 Å². The summed E-state index contributed by atoms with van der Waals surface area (Å²) in [6, 6.07) is 15.9. The minimum absolute atomic E-state index is 0.159. The van der Waals surface area contributed by atoms with E-state index in [2.05, 4.69) is 10.6 Å². The number of rotatable bonds is 7. The summed E-state index contributed by atoms with van der Waals surface area (Å²) in [5.74, 6) is -0.867. The number of amides is 2. The van der Waals surface area contributed by atoms with Gasteiger partial charge in [0.25, 0.3) is 11.8 Å². The number of methoxy groups -OCH3 is 2. The molecule has 0 saturated carbocycles. The number of carbonyl (C=O) groups is 3. The highest BCUT2D eigenvalue weighted by atomic mass is 32.1. The number of ether oxygens (including phenoxy) is 2. The minimum Gasteiger partial charge on any atom is -0.497 e. The second kappa shape index (κ2) is 10.1. The Hall–Kier alpha value is -3.65. The van der Waals surface area contributed by atoms with Gasteiger partial charge in [0, 0.05) is 5.56 Å². The van der Waals surface area contributed by atoms with Crippen molar-refractivity contribution in [2.24, 2.45) is 0 Å². The molecule has 2 N–H and O–H groups in total. The van der Waals surface area contributed by atoms with Gasteiger partial charge in [0.2, 0.25) is 0 Å². The molecule has 0 saturated heterocycles. The summed E-state index contributed by atoms with van der Waals surface area (Å²) in [4.78, 5) is 38.5. The molecule has 2 aromatic carbocycles. The van der Waals surface area contributed by atoms with E-state index in [1.54, 1.807) is 31.2 Å². The molecule has 1 heterocycles. The molecular weight excluding hydrogens is 428 g/mol. The van der Waals surface area contributed by atoms with Crippen molar-refractivity contribution in [1.82, 2.24) is 5.32 Å². The van der Waals surface area contributed by atoms with Gasteiger partial charge in [-0.3, -0.25) is 9.59 Å². The van der Waals surface area contributed by atoms with Crippen LogP contribution >= 0.6 is 11.3 Å². The van der Waals surface area contributed by atoms with Crippen LogP contribution in [0.15, 0.2) is 54.6 Å². The van der Waals surface area contributed by atoms with Crippen molar-refractivity contribution >= 4 is 34.1 Å². The Labute approximate surface area is 190 Å². The predicted octanol–water partition coefficient (Wildman–Crippen LogP) is 4.60. The van der Waals surface area contributed by atoms with Crippen LogP contribution in [0.25, 0.3) is 0 Å². The van der Waals surface area contributed by atoms with Gasteiger partial charge in [-0.05, 0) is 43.2 Å². The van der Waals surface area contributed by atoms with Crippen LogP contribution in [0.5, 0.6) is 5.75 Å². The Morgan fingerprint density at radius 2 is 1.69 bits per heavy atom. The molecule has 1 atom stereocenters. The lowest BCUT2D eigenvalue weighted by atomic mass is 10.1. The van der Waals surface area contributed by atoms with E-state index < -0.39 is 11.9 Å². The van der Waals surface area contributed by atoms with Crippen molar-refractivity contribution in [3.8, 4) is 5.75 Å². The monoisotopic (exact) mass is 452 g/mol. The van der Waals surface area contributed by atoms with Crippen molar-refractivity contribution in [2.45, 2.75) is 19.9 Å². The number of thiophene rings is 1. The number of esters is 1. The number of anilines is 1. The van der Waals surface area contributed by atoms with Crippen LogP contribution in [-0.4, -0.2) is 32.0 Å². The van der Waals surface area contributed by atoms with Crippen molar-refractivity contribution < 1.29 is 23.9 Å². The second-order valence-corrected chi connectivity index (χ2v) is 8.06. The van der Waals surface area contributed by atoms with Crippen molar-refractivity contribution in [1.29, 1.82) is 0 Å². The summed E-state index contributed by atoms with van der Waals surface area (Å²) in [5, 5.41) is 5.93. The largest absolute Gasteiger partial charge is 0.497 e. The fraction of sp³-hybridized carbons (Fsp3) is 0.208. The molecule has 7 nitrogen and oxygen atoms in total. The minimum atomic E-state index is -0.630. The van der Waals surface area contributed by atoms with E-state index in [1.807, 2.05) is 37.3 Å². The van der Waals surface area contributed by atoms with Crippen LogP contribution in [0.4, 0.5) is 5.00 Å². The topological polar surface area (TPSA) is 93.7 Å². The van der Waals surface area contributed by atoms with Gasteiger partial charge in [0.15, 0.2) is 0 Å². The summed E-state index contributed by atoms with van der Waals surface area (Å²) < 4.78 is 10.0. The van der Waals surface area contributed by atoms with Crippen LogP contribution in [-0.2, 0) is 4.74 Å². The average Bonchev–Trinajstić information content (AvgIpc) is 3.14. The van der Waals surface area contributed by atoms with E-state index in [0.29, 0.717) is 21.8 Å². The Morgan fingerprint density at radius 1 is 0.969 bits per heavy atom. The normalized spacial score (nSPS) is 11.4. The van der Waals surface area contributed by atoms with Crippen LogP contribution in [0, 0.1) is 6.92 Å². The first-order chi connectivity index (χ1) is 15.3. The van der Waals surface area contributed by atoms with E-state index >= 15 is 0 Å². The molecule has 0 aliphatic rings. The van der Waals surface area contributed by atoms with Crippen LogP contribution in [0.3, 0.4) is 0 Å². The summed E-state index contributed by atoms with van der Waals surface area (Å²) in [7, 11) is 2.76. The van der Waals surface area contributed by atoms with E-state index in [4.69, 9.17) is 9.47 Å². The Kier molecular flexibility index (Phi) is 7.27. The maximum absolute atomic E-state index is 13.0. The lowest BCUT2D eigenvalue weighted by Gasteiger charge is -2.14. The zero-order valence-corrected chi connectivity index (χ0v) is 19.0. The van der Waals surface area contributed by atoms with Crippen LogP contribution in [0.2, 0.25) is 0 Å². The Bertz CT molecular complexity index is 1140. The molecule has 3 aromatic rings. The molecule has 0 fully saturated rings. The summed E-state index contributed by atoms with van der Waals surface area (Å²) >= 11 is 1.03. The fourth-order valence-corrected chi connectivity index (χ4v) is 4.29. The standard InChI is InChI=1S/C24H24N2O5S/c1-14-19(24(29)31-4)23(26-21(27)17-11-8-12-18(13-17)30-3)32-20(14)22(28)25-15(2)16-9-6-5-7-10-16/h5-13,15H,1-4H3,(H,25,28)(H,26,27). The van der Waals surface area contributed by atoms with Gasteiger partial charge in [0.1, 0.15) is 10.8 Å². The third-order valence-electron chi connectivity index (χ3n) is 4.95. The highest BCUT2D eigenvalue weighted by Gasteiger charge is 2.27. The van der Waals surface area contributed by atoms with E-state index in [-0.39, 0.29) is 22.5 Å².